The molecule has 0 spiro atoms. The number of carbonyl (C=O) groups is 2. The first-order valence-electron chi connectivity index (χ1n) is 11.2. The average molecular weight is 487 g/mol. The zero-order chi connectivity index (χ0) is 25.5. The van der Waals surface area contributed by atoms with Crippen molar-refractivity contribution >= 4 is 17.6 Å². The van der Waals surface area contributed by atoms with E-state index in [9.17, 15) is 23.5 Å². The summed E-state index contributed by atoms with van der Waals surface area (Å²) in [5.41, 5.74) is 6.34. The summed E-state index contributed by atoms with van der Waals surface area (Å²) in [6, 6.07) is 8.87. The van der Waals surface area contributed by atoms with Crippen molar-refractivity contribution in [1.29, 1.82) is 0 Å². The number of ether oxygens (including phenoxy) is 1. The van der Waals surface area contributed by atoms with Crippen LogP contribution in [0.2, 0.25) is 0 Å². The molecule has 3 aromatic rings. The molecular formula is C25H28F2N4O4. The van der Waals surface area contributed by atoms with Crippen molar-refractivity contribution in [2.45, 2.75) is 32.7 Å². The number of nitrogens with zero attached hydrogens (tertiary/aromatic N) is 2. The Bertz CT molecular complexity index is 1200. The van der Waals surface area contributed by atoms with Crippen LogP contribution >= 0.6 is 0 Å². The summed E-state index contributed by atoms with van der Waals surface area (Å²) in [5.74, 6) is -2.26. The smallest absolute Gasteiger partial charge is 0.320 e. The Hall–Kier alpha value is -3.79. The Morgan fingerprint density at radius 1 is 1.20 bits per heavy atom. The van der Waals surface area contributed by atoms with Crippen molar-refractivity contribution in [1.82, 2.24) is 15.1 Å². The number of nitrogens with one attached hydrogen (secondary N) is 1. The number of hydrogen-bond acceptors (Lipinski definition) is 6. The van der Waals surface area contributed by atoms with Crippen LogP contribution in [0.3, 0.4) is 0 Å². The summed E-state index contributed by atoms with van der Waals surface area (Å²) in [6.45, 7) is 4.73. The van der Waals surface area contributed by atoms with Crippen LogP contribution in [-0.4, -0.2) is 45.8 Å². The van der Waals surface area contributed by atoms with Gasteiger partial charge in [-0.1, -0.05) is 26.0 Å². The van der Waals surface area contributed by atoms with Crippen LogP contribution in [0.15, 0.2) is 48.7 Å². The highest BCUT2D eigenvalue weighted by atomic mass is 19.1. The van der Waals surface area contributed by atoms with Gasteiger partial charge in [0.05, 0.1) is 18.4 Å². The summed E-state index contributed by atoms with van der Waals surface area (Å²) in [6.07, 6.45) is 2.34. The molecule has 2 aromatic carbocycles. The molecule has 0 radical (unpaired) electrons. The number of benzene rings is 2. The summed E-state index contributed by atoms with van der Waals surface area (Å²) >= 11 is 0. The van der Waals surface area contributed by atoms with E-state index in [4.69, 9.17) is 10.5 Å². The highest BCUT2D eigenvalue weighted by Crippen LogP contribution is 2.24. The van der Waals surface area contributed by atoms with Crippen LogP contribution in [0.5, 0.6) is 5.75 Å². The average Bonchev–Trinajstić information content (AvgIpc) is 3.18. The first-order valence-corrected chi connectivity index (χ1v) is 11.2. The molecular weight excluding hydrogens is 458 g/mol. The van der Waals surface area contributed by atoms with Crippen molar-refractivity contribution in [3.8, 4) is 11.4 Å². The minimum absolute atomic E-state index is 0.0694. The number of carboxylic acid groups (broad SMARTS) is 1. The van der Waals surface area contributed by atoms with Crippen molar-refractivity contribution in [3.05, 3.63) is 71.4 Å². The fourth-order valence-electron chi connectivity index (χ4n) is 3.54. The molecule has 0 fully saturated rings. The van der Waals surface area contributed by atoms with Crippen molar-refractivity contribution in [2.24, 2.45) is 5.92 Å². The lowest BCUT2D eigenvalue weighted by Gasteiger charge is -2.16. The van der Waals surface area contributed by atoms with Crippen molar-refractivity contribution in [3.63, 3.8) is 0 Å². The number of hydrogen-bond donors (Lipinski definition) is 3. The van der Waals surface area contributed by atoms with Crippen molar-refractivity contribution < 1.29 is 28.2 Å². The van der Waals surface area contributed by atoms with Crippen LogP contribution in [-0.2, 0) is 4.79 Å². The Kier molecular flexibility index (Phi) is 8.53. The van der Waals surface area contributed by atoms with E-state index < -0.39 is 29.4 Å². The maximum Gasteiger partial charge on any atom is 0.320 e. The number of aliphatic carboxylic acids is 1. The number of nitrogen functional groups attached to an aromatic ring is 1. The van der Waals surface area contributed by atoms with E-state index in [1.54, 1.807) is 24.3 Å². The molecule has 1 heterocycles. The van der Waals surface area contributed by atoms with Gasteiger partial charge >= 0.3 is 5.97 Å². The van der Waals surface area contributed by atoms with Gasteiger partial charge in [-0.05, 0) is 49.6 Å². The Labute approximate surface area is 201 Å². The van der Waals surface area contributed by atoms with Gasteiger partial charge in [-0.2, -0.15) is 5.10 Å². The standard InChI is InChI=1S/C25H28F2N4O4/c1-15(2)11-21(25(33)34)29-9-4-10-35-18-6-3-5-16(12-18)23(32)19-14-30-31(24(19)28)22-8-7-17(26)13-20(22)27/h3,5-8,12-15,21,29H,4,9-11,28H2,1-2H3,(H,33,34)/t21-/m0/s1. The first kappa shape index (κ1) is 25.8. The third kappa shape index (κ3) is 6.63. The first-order chi connectivity index (χ1) is 16.7. The van der Waals surface area contributed by atoms with Crippen molar-refractivity contribution in [2.75, 3.05) is 18.9 Å². The molecule has 0 amide bonds. The third-order valence-corrected chi connectivity index (χ3v) is 5.27. The third-order valence-electron chi connectivity index (χ3n) is 5.27. The second-order valence-corrected chi connectivity index (χ2v) is 8.48. The van der Waals surface area contributed by atoms with E-state index in [1.165, 1.54) is 12.3 Å². The lowest BCUT2D eigenvalue weighted by molar-refractivity contribution is -0.139. The number of ketones is 1. The van der Waals surface area contributed by atoms with E-state index in [-0.39, 0.29) is 23.0 Å². The highest BCUT2D eigenvalue weighted by Gasteiger charge is 2.20. The monoisotopic (exact) mass is 486 g/mol. The molecule has 186 valence electrons. The summed E-state index contributed by atoms with van der Waals surface area (Å²) in [7, 11) is 0. The van der Waals surface area contributed by atoms with Gasteiger partial charge in [-0.15, -0.1) is 0 Å². The Balaban J connectivity index is 1.61. The molecule has 0 saturated carbocycles. The SMILES string of the molecule is CC(C)C[C@H](NCCCOc1cccc(C(=O)c2cnn(-c3ccc(F)cc3F)c2N)c1)C(=O)O. The molecule has 8 nitrogen and oxygen atoms in total. The van der Waals surface area contributed by atoms with Gasteiger partial charge in [0, 0.05) is 11.6 Å². The zero-order valence-electron chi connectivity index (χ0n) is 19.5. The maximum absolute atomic E-state index is 14.1. The number of halogens is 2. The van der Waals surface area contributed by atoms with Crippen LogP contribution < -0.4 is 15.8 Å². The molecule has 0 aliphatic carbocycles. The van der Waals surface area contributed by atoms with Gasteiger partial charge < -0.3 is 20.9 Å². The van der Waals surface area contributed by atoms with E-state index in [0.717, 1.165) is 10.7 Å². The molecule has 35 heavy (non-hydrogen) atoms. The number of aromatic nitrogens is 2. The molecule has 0 aliphatic heterocycles. The molecule has 0 unspecified atom stereocenters. The topological polar surface area (TPSA) is 119 Å². The number of nitrogens with two attached hydrogens (primary N) is 1. The highest BCUT2D eigenvalue weighted by molar-refractivity contribution is 6.11. The predicted octanol–water partition coefficient (Wildman–Crippen LogP) is 3.82. The van der Waals surface area contributed by atoms with E-state index in [0.29, 0.717) is 43.4 Å². The van der Waals surface area contributed by atoms with Gasteiger partial charge in [-0.3, -0.25) is 9.59 Å². The summed E-state index contributed by atoms with van der Waals surface area (Å²) < 4.78 is 34.1. The minimum atomic E-state index is -0.879. The number of rotatable bonds is 12. The second-order valence-electron chi connectivity index (χ2n) is 8.48. The van der Waals surface area contributed by atoms with Gasteiger partial charge in [0.2, 0.25) is 0 Å². The largest absolute Gasteiger partial charge is 0.494 e. The molecule has 3 rings (SSSR count). The molecule has 4 N–H and O–H groups in total. The van der Waals surface area contributed by atoms with Crippen LogP contribution in [0.25, 0.3) is 5.69 Å². The fraction of sp³-hybridized carbons (Fsp3) is 0.320. The fourth-order valence-corrected chi connectivity index (χ4v) is 3.54. The van der Waals surface area contributed by atoms with Crippen LogP contribution in [0, 0.1) is 17.6 Å². The lowest BCUT2D eigenvalue weighted by atomic mass is 10.0. The maximum atomic E-state index is 14.1. The molecule has 10 heteroatoms. The second kappa shape index (κ2) is 11.6. The predicted molar refractivity (Wildman–Crippen MR) is 127 cm³/mol. The lowest BCUT2D eigenvalue weighted by Crippen LogP contribution is -2.38. The normalized spacial score (nSPS) is 12.0. The molecule has 0 aliphatic rings. The summed E-state index contributed by atoms with van der Waals surface area (Å²) in [5, 5.41) is 16.3. The Morgan fingerprint density at radius 2 is 1.97 bits per heavy atom. The minimum Gasteiger partial charge on any atom is -0.494 e. The van der Waals surface area contributed by atoms with Gasteiger partial charge in [-0.25, -0.2) is 13.5 Å². The van der Waals surface area contributed by atoms with Gasteiger partial charge in [0.25, 0.3) is 0 Å². The number of anilines is 1. The van der Waals surface area contributed by atoms with E-state index in [1.807, 2.05) is 13.8 Å². The number of carbonyl (C=O) groups excluding carboxylic acids is 1. The van der Waals surface area contributed by atoms with E-state index in [2.05, 4.69) is 10.4 Å². The molecule has 1 atom stereocenters. The number of carboxylic acids is 1. The summed E-state index contributed by atoms with van der Waals surface area (Å²) in [4.78, 5) is 24.3. The van der Waals surface area contributed by atoms with Crippen LogP contribution in [0.1, 0.15) is 42.6 Å². The molecule has 0 bridgehead atoms. The van der Waals surface area contributed by atoms with Crippen LogP contribution in [0.4, 0.5) is 14.6 Å². The van der Waals surface area contributed by atoms with E-state index >= 15 is 0 Å². The molecule has 1 aromatic heterocycles. The Morgan fingerprint density at radius 3 is 2.66 bits per heavy atom. The van der Waals surface area contributed by atoms with Gasteiger partial charge in [0.1, 0.15) is 29.1 Å². The quantitative estimate of drug-likeness (QED) is 0.263. The van der Waals surface area contributed by atoms with Gasteiger partial charge in [0.15, 0.2) is 11.6 Å². The zero-order valence-corrected chi connectivity index (χ0v) is 19.5. The molecule has 0 saturated heterocycles.